The molecule has 0 aliphatic heterocycles. The Labute approximate surface area is 109 Å². The fourth-order valence-corrected chi connectivity index (χ4v) is 3.95. The number of hydrogen-bond acceptors (Lipinski definition) is 4. The second-order valence-electron chi connectivity index (χ2n) is 4.32. The first-order valence-electron chi connectivity index (χ1n) is 5.39. The topological polar surface area (TPSA) is 71.3 Å². The van der Waals surface area contributed by atoms with E-state index in [0.717, 1.165) is 6.42 Å². The van der Waals surface area contributed by atoms with E-state index in [-0.39, 0.29) is 15.6 Å². The average Bonchev–Trinajstić information content (AvgIpc) is 2.74. The molecule has 7 heteroatoms. The van der Waals surface area contributed by atoms with Crippen molar-refractivity contribution in [3.8, 4) is 0 Å². The van der Waals surface area contributed by atoms with Gasteiger partial charge in [-0.2, -0.15) is 0 Å². The molecular weight excluding hydrogens is 308 g/mol. The third-order valence-electron chi connectivity index (χ3n) is 2.76. The maximum Gasteiger partial charge on any atom is 0.245 e. The maximum absolute atomic E-state index is 12.0. The summed E-state index contributed by atoms with van der Waals surface area (Å²) in [4.78, 5) is 0.168. The Morgan fingerprint density at radius 3 is 2.76 bits per heavy atom. The van der Waals surface area contributed by atoms with Gasteiger partial charge in [0, 0.05) is 12.1 Å². The summed E-state index contributed by atoms with van der Waals surface area (Å²) in [6.45, 7) is 2.51. The van der Waals surface area contributed by atoms with Crippen LogP contribution in [0, 0.1) is 5.92 Å². The zero-order valence-electron chi connectivity index (χ0n) is 9.66. The molecule has 1 aromatic heterocycles. The lowest BCUT2D eigenvalue weighted by Gasteiger charge is -2.02. The van der Waals surface area contributed by atoms with Gasteiger partial charge >= 0.3 is 0 Å². The SMILES string of the molecule is CNCc1cc(S(=O)(=O)NC2CC2C)c(Br)o1. The van der Waals surface area contributed by atoms with Crippen molar-refractivity contribution in [1.82, 2.24) is 10.0 Å². The van der Waals surface area contributed by atoms with Crippen LogP contribution in [0.1, 0.15) is 19.1 Å². The Morgan fingerprint density at radius 1 is 1.59 bits per heavy atom. The van der Waals surface area contributed by atoms with Gasteiger partial charge in [0.15, 0.2) is 4.67 Å². The molecule has 0 amide bonds. The van der Waals surface area contributed by atoms with Crippen LogP contribution in [0.25, 0.3) is 0 Å². The highest BCUT2D eigenvalue weighted by molar-refractivity contribution is 9.10. The molecule has 0 radical (unpaired) electrons. The zero-order valence-corrected chi connectivity index (χ0v) is 12.1. The lowest BCUT2D eigenvalue weighted by molar-refractivity contribution is 0.470. The Hall–Kier alpha value is -0.370. The van der Waals surface area contributed by atoms with Crippen LogP contribution in [0.4, 0.5) is 0 Å². The van der Waals surface area contributed by atoms with Gasteiger partial charge < -0.3 is 9.73 Å². The summed E-state index contributed by atoms with van der Waals surface area (Å²) in [5.74, 6) is 1.01. The molecule has 2 rings (SSSR count). The van der Waals surface area contributed by atoms with E-state index in [4.69, 9.17) is 4.42 Å². The van der Waals surface area contributed by atoms with Crippen LogP contribution < -0.4 is 10.0 Å². The first-order valence-corrected chi connectivity index (χ1v) is 7.67. The maximum atomic E-state index is 12.0. The predicted octanol–water partition coefficient (Wildman–Crippen LogP) is 1.45. The van der Waals surface area contributed by atoms with E-state index >= 15 is 0 Å². The number of halogens is 1. The molecule has 2 unspecified atom stereocenters. The Morgan fingerprint density at radius 2 is 2.24 bits per heavy atom. The number of rotatable bonds is 5. The van der Waals surface area contributed by atoms with Gasteiger partial charge in [-0.05, 0) is 35.3 Å². The van der Waals surface area contributed by atoms with E-state index in [9.17, 15) is 8.42 Å². The Balaban J connectivity index is 2.20. The summed E-state index contributed by atoms with van der Waals surface area (Å²) in [7, 11) is -1.70. The van der Waals surface area contributed by atoms with Crippen molar-refractivity contribution in [1.29, 1.82) is 0 Å². The van der Waals surface area contributed by atoms with E-state index in [1.807, 2.05) is 6.92 Å². The van der Waals surface area contributed by atoms with Crippen LogP contribution in [0.15, 0.2) is 20.0 Å². The molecule has 1 saturated carbocycles. The predicted molar refractivity (Wildman–Crippen MR) is 67.1 cm³/mol. The molecule has 1 aliphatic rings. The van der Waals surface area contributed by atoms with E-state index < -0.39 is 10.0 Å². The third-order valence-corrected chi connectivity index (χ3v) is 5.11. The summed E-state index contributed by atoms with van der Waals surface area (Å²) >= 11 is 3.13. The van der Waals surface area contributed by atoms with Crippen molar-refractivity contribution in [2.45, 2.75) is 30.8 Å². The first kappa shape index (κ1) is 13.1. The van der Waals surface area contributed by atoms with Crippen molar-refractivity contribution >= 4 is 26.0 Å². The molecule has 2 N–H and O–H groups in total. The number of nitrogens with one attached hydrogen (secondary N) is 2. The molecule has 1 aromatic rings. The number of furan rings is 1. The van der Waals surface area contributed by atoms with Crippen LogP contribution in [-0.2, 0) is 16.6 Å². The van der Waals surface area contributed by atoms with Crippen LogP contribution in [0.3, 0.4) is 0 Å². The lowest BCUT2D eigenvalue weighted by Crippen LogP contribution is -2.26. The minimum absolute atomic E-state index is 0.0644. The van der Waals surface area contributed by atoms with Crippen LogP contribution >= 0.6 is 15.9 Å². The number of sulfonamides is 1. The Bertz CT molecular complexity index is 512. The fourth-order valence-electron chi connectivity index (χ4n) is 1.59. The van der Waals surface area contributed by atoms with Gasteiger partial charge in [-0.3, -0.25) is 0 Å². The fraction of sp³-hybridized carbons (Fsp3) is 0.600. The standard InChI is InChI=1S/C10H15BrN2O3S/c1-6-3-8(6)13-17(14,15)9-4-7(5-12-2)16-10(9)11/h4,6,8,12-13H,3,5H2,1-2H3. The summed E-state index contributed by atoms with van der Waals surface area (Å²) in [5.41, 5.74) is 0. The second kappa shape index (κ2) is 4.72. The normalized spacial score (nSPS) is 23.9. The molecule has 17 heavy (non-hydrogen) atoms. The van der Waals surface area contributed by atoms with Crippen molar-refractivity contribution in [2.75, 3.05) is 7.05 Å². The van der Waals surface area contributed by atoms with Gasteiger partial charge in [0.25, 0.3) is 0 Å². The van der Waals surface area contributed by atoms with Crippen molar-refractivity contribution in [3.63, 3.8) is 0 Å². The molecule has 1 fully saturated rings. The van der Waals surface area contributed by atoms with Crippen molar-refractivity contribution < 1.29 is 12.8 Å². The third kappa shape index (κ3) is 2.90. The van der Waals surface area contributed by atoms with Gasteiger partial charge in [-0.15, -0.1) is 0 Å². The quantitative estimate of drug-likeness (QED) is 0.860. The highest BCUT2D eigenvalue weighted by Gasteiger charge is 2.37. The summed E-state index contributed by atoms with van der Waals surface area (Å²) in [6, 6.07) is 1.60. The molecule has 0 spiro atoms. The molecule has 1 heterocycles. The highest BCUT2D eigenvalue weighted by atomic mass is 79.9. The summed E-state index contributed by atoms with van der Waals surface area (Å²) in [5, 5.41) is 2.91. The van der Waals surface area contributed by atoms with E-state index in [1.54, 1.807) is 7.05 Å². The monoisotopic (exact) mass is 322 g/mol. The van der Waals surface area contributed by atoms with Crippen LogP contribution in [0.5, 0.6) is 0 Å². The lowest BCUT2D eigenvalue weighted by atomic mass is 10.4. The smallest absolute Gasteiger partial charge is 0.245 e. The van der Waals surface area contributed by atoms with E-state index in [0.29, 0.717) is 18.2 Å². The molecule has 0 saturated heterocycles. The molecule has 2 atom stereocenters. The van der Waals surface area contributed by atoms with Gasteiger partial charge in [-0.1, -0.05) is 6.92 Å². The Kier molecular flexibility index (Phi) is 3.63. The molecule has 0 aromatic carbocycles. The van der Waals surface area contributed by atoms with Gasteiger partial charge in [-0.25, -0.2) is 13.1 Å². The second-order valence-corrected chi connectivity index (χ2v) is 6.72. The molecule has 5 nitrogen and oxygen atoms in total. The average molecular weight is 323 g/mol. The van der Waals surface area contributed by atoms with Gasteiger partial charge in [0.05, 0.1) is 6.54 Å². The molecular formula is C10H15BrN2O3S. The van der Waals surface area contributed by atoms with Crippen LogP contribution in [-0.4, -0.2) is 21.5 Å². The van der Waals surface area contributed by atoms with Gasteiger partial charge in [0.2, 0.25) is 10.0 Å². The first-order chi connectivity index (χ1) is 7.94. The minimum atomic E-state index is -3.48. The largest absolute Gasteiger partial charge is 0.452 e. The minimum Gasteiger partial charge on any atom is -0.452 e. The summed E-state index contributed by atoms with van der Waals surface area (Å²) in [6.07, 6.45) is 0.901. The van der Waals surface area contributed by atoms with Crippen molar-refractivity contribution in [2.24, 2.45) is 5.92 Å². The molecule has 96 valence electrons. The zero-order chi connectivity index (χ0) is 12.6. The summed E-state index contributed by atoms with van der Waals surface area (Å²) < 4.78 is 32.3. The van der Waals surface area contributed by atoms with E-state index in [1.165, 1.54) is 6.07 Å². The molecule has 1 aliphatic carbocycles. The van der Waals surface area contributed by atoms with Crippen LogP contribution in [0.2, 0.25) is 0 Å². The molecule has 0 bridgehead atoms. The van der Waals surface area contributed by atoms with Crippen molar-refractivity contribution in [3.05, 3.63) is 16.5 Å². The van der Waals surface area contributed by atoms with E-state index in [2.05, 4.69) is 26.0 Å². The van der Waals surface area contributed by atoms with Gasteiger partial charge in [0.1, 0.15) is 10.7 Å². The highest BCUT2D eigenvalue weighted by Crippen LogP contribution is 2.32. The number of hydrogen-bond donors (Lipinski definition) is 2.